The van der Waals surface area contributed by atoms with Crippen molar-refractivity contribution in [2.45, 2.75) is 114 Å². The van der Waals surface area contributed by atoms with E-state index in [1.165, 1.54) is 32.1 Å². The van der Waals surface area contributed by atoms with Crippen LogP contribution < -0.4 is 5.73 Å². The van der Waals surface area contributed by atoms with Gasteiger partial charge in [0.05, 0.1) is 18.8 Å². The van der Waals surface area contributed by atoms with Crippen molar-refractivity contribution in [2.75, 3.05) is 6.61 Å². The normalized spacial score (nSPS) is 29.8. The molecule has 0 aromatic carbocycles. The number of phosphoric acid groups is 1. The third-order valence-electron chi connectivity index (χ3n) is 5.75. The molecule has 0 saturated carbocycles. The quantitative estimate of drug-likeness (QED) is 0.118. The third-order valence-corrected chi connectivity index (χ3v) is 6.26. The minimum absolute atomic E-state index is 0.275. The van der Waals surface area contributed by atoms with Gasteiger partial charge in [-0.3, -0.25) is 4.79 Å². The zero-order valence-electron chi connectivity index (χ0n) is 18.7. The lowest BCUT2D eigenvalue weighted by Gasteiger charge is -2.47. The van der Waals surface area contributed by atoms with E-state index in [1.54, 1.807) is 0 Å². The molecule has 190 valence electrons. The summed E-state index contributed by atoms with van der Waals surface area (Å²) >= 11 is 0. The average molecular weight is 486 g/mol. The van der Waals surface area contributed by atoms with Crippen LogP contribution in [0.2, 0.25) is 0 Å². The van der Waals surface area contributed by atoms with Gasteiger partial charge >= 0.3 is 7.82 Å². The number of ketones is 1. The predicted molar refractivity (Wildman–Crippen MR) is 115 cm³/mol. The van der Waals surface area contributed by atoms with Crippen LogP contribution in [0.25, 0.3) is 0 Å². The molecule has 0 radical (unpaired) electrons. The van der Waals surface area contributed by atoms with E-state index in [0.717, 1.165) is 19.3 Å². The standard InChI is InChI=1S/C20H40NO10P/c1-2-3-4-5-6-7-8-9-10-11-14(23)12-16(24)20(31-32(27,28)29)19(21)18(26)17(25)15(13-22)30-20/h14-15,17-19,22-23,25-26H,2-13,21H2,1H3,(H2,27,28,29)/t14?,15-,17-,18+,19-,20+/m1/s1. The number of ether oxygens (including phenoxy) is 1. The molecule has 0 aromatic rings. The Morgan fingerprint density at radius 2 is 1.59 bits per heavy atom. The maximum Gasteiger partial charge on any atom is 0.472 e. The van der Waals surface area contributed by atoms with Crippen LogP contribution in [0.1, 0.15) is 77.6 Å². The first kappa shape index (κ1) is 29.6. The molecule has 0 aromatic heterocycles. The summed E-state index contributed by atoms with van der Waals surface area (Å²) in [4.78, 5) is 31.4. The Labute approximate surface area is 189 Å². The molecular formula is C20H40NO10P. The molecule has 1 aliphatic heterocycles. The van der Waals surface area contributed by atoms with Gasteiger partial charge < -0.3 is 40.7 Å². The molecule has 0 bridgehead atoms. The second-order valence-corrected chi connectivity index (χ2v) is 9.66. The SMILES string of the molecule is CCCCCCCCCCCC(O)CC(=O)[C@@]1(OP(=O)(O)O)O[C@H](CO)[C@@H](O)[C@H](O)[C@H]1N. The Kier molecular flexibility index (Phi) is 13.0. The monoisotopic (exact) mass is 485 g/mol. The van der Waals surface area contributed by atoms with Crippen molar-refractivity contribution < 1.29 is 48.8 Å². The molecule has 1 aliphatic rings. The number of nitrogens with two attached hydrogens (primary N) is 1. The van der Waals surface area contributed by atoms with Crippen LogP contribution in [0.3, 0.4) is 0 Å². The van der Waals surface area contributed by atoms with Crippen molar-refractivity contribution in [3.8, 4) is 0 Å². The van der Waals surface area contributed by atoms with E-state index in [2.05, 4.69) is 11.4 Å². The van der Waals surface area contributed by atoms with Gasteiger partial charge in [0.2, 0.25) is 0 Å². The molecule has 32 heavy (non-hydrogen) atoms. The Morgan fingerprint density at radius 3 is 2.09 bits per heavy atom. The van der Waals surface area contributed by atoms with Gasteiger partial charge in [0.25, 0.3) is 5.79 Å². The summed E-state index contributed by atoms with van der Waals surface area (Å²) in [6, 6.07) is -1.86. The van der Waals surface area contributed by atoms with E-state index in [-0.39, 0.29) is 6.42 Å². The molecule has 0 spiro atoms. The number of phosphoric ester groups is 1. The summed E-state index contributed by atoms with van der Waals surface area (Å²) in [6.45, 7) is 1.30. The second kappa shape index (κ2) is 14.1. The molecular weight excluding hydrogens is 445 g/mol. The van der Waals surface area contributed by atoms with E-state index >= 15 is 0 Å². The molecule has 1 fully saturated rings. The minimum atomic E-state index is -5.34. The van der Waals surface area contributed by atoms with Crippen LogP contribution in [-0.4, -0.2) is 78.8 Å². The number of Topliss-reactive ketones (excluding diaryl/α,β-unsaturated/α-hetero) is 1. The molecule has 12 heteroatoms. The number of unbranched alkanes of at least 4 members (excludes halogenated alkanes) is 8. The highest BCUT2D eigenvalue weighted by molar-refractivity contribution is 7.46. The van der Waals surface area contributed by atoms with Crippen LogP contribution in [0, 0.1) is 0 Å². The summed E-state index contributed by atoms with van der Waals surface area (Å²) in [7, 11) is -5.34. The molecule has 8 N–H and O–H groups in total. The number of aliphatic hydroxyl groups is 4. The molecule has 1 heterocycles. The van der Waals surface area contributed by atoms with Crippen molar-refractivity contribution in [1.82, 2.24) is 0 Å². The fourth-order valence-corrected chi connectivity index (χ4v) is 4.51. The molecule has 1 unspecified atom stereocenters. The smallest absolute Gasteiger partial charge is 0.394 e. The topological polar surface area (TPSA) is 200 Å². The van der Waals surface area contributed by atoms with Gasteiger partial charge in [0.15, 0.2) is 5.78 Å². The highest BCUT2D eigenvalue weighted by Gasteiger charge is 2.60. The lowest BCUT2D eigenvalue weighted by molar-refractivity contribution is -0.291. The number of rotatable bonds is 16. The van der Waals surface area contributed by atoms with Crippen LogP contribution in [0.15, 0.2) is 0 Å². The first-order valence-corrected chi connectivity index (χ1v) is 12.9. The number of aliphatic hydroxyl groups excluding tert-OH is 4. The van der Waals surface area contributed by atoms with Crippen LogP contribution in [0.5, 0.6) is 0 Å². The fourth-order valence-electron chi connectivity index (χ4n) is 3.89. The Hall–Kier alpha value is -0.460. The van der Waals surface area contributed by atoms with Gasteiger partial charge in [-0.25, -0.2) is 9.09 Å². The lowest BCUT2D eigenvalue weighted by atomic mass is 9.86. The van der Waals surface area contributed by atoms with Gasteiger partial charge in [-0.1, -0.05) is 64.7 Å². The third kappa shape index (κ3) is 9.06. The maximum atomic E-state index is 12.9. The van der Waals surface area contributed by atoms with Gasteiger partial charge in [0, 0.05) is 6.42 Å². The Balaban J connectivity index is 2.65. The molecule has 1 rings (SSSR count). The van der Waals surface area contributed by atoms with Gasteiger partial charge in [-0.05, 0) is 6.42 Å². The number of carbonyl (C=O) groups is 1. The highest BCUT2D eigenvalue weighted by atomic mass is 31.2. The fraction of sp³-hybridized carbons (Fsp3) is 0.950. The molecule has 0 aliphatic carbocycles. The van der Waals surface area contributed by atoms with Gasteiger partial charge in [-0.15, -0.1) is 0 Å². The van der Waals surface area contributed by atoms with Gasteiger partial charge in [-0.2, -0.15) is 0 Å². The van der Waals surface area contributed by atoms with E-state index < -0.39 is 62.9 Å². The van der Waals surface area contributed by atoms with Crippen molar-refractivity contribution in [3.05, 3.63) is 0 Å². The summed E-state index contributed by atoms with van der Waals surface area (Å²) in [5.41, 5.74) is 5.76. The van der Waals surface area contributed by atoms with Crippen LogP contribution >= 0.6 is 7.82 Å². The summed E-state index contributed by atoms with van der Waals surface area (Å²) in [5.74, 6) is -3.92. The zero-order chi connectivity index (χ0) is 24.4. The maximum absolute atomic E-state index is 12.9. The first-order chi connectivity index (χ1) is 15.0. The molecule has 0 amide bonds. The molecule has 11 nitrogen and oxygen atoms in total. The van der Waals surface area contributed by atoms with E-state index in [1.807, 2.05) is 0 Å². The molecule has 6 atom stereocenters. The number of hydrogen-bond acceptors (Lipinski definition) is 9. The Bertz CT molecular complexity index is 601. The van der Waals surface area contributed by atoms with E-state index in [4.69, 9.17) is 10.5 Å². The summed E-state index contributed by atoms with van der Waals surface area (Å²) in [6.07, 6.45) is 3.09. The largest absolute Gasteiger partial charge is 0.472 e. The minimum Gasteiger partial charge on any atom is -0.394 e. The van der Waals surface area contributed by atoms with Crippen LogP contribution in [0.4, 0.5) is 0 Å². The average Bonchev–Trinajstić information content (AvgIpc) is 2.72. The molecule has 1 saturated heterocycles. The lowest BCUT2D eigenvalue weighted by Crippen LogP contribution is -2.72. The number of hydrogen-bond donors (Lipinski definition) is 7. The second-order valence-electron chi connectivity index (χ2n) is 8.49. The zero-order valence-corrected chi connectivity index (χ0v) is 19.6. The van der Waals surface area contributed by atoms with Crippen molar-refractivity contribution in [1.29, 1.82) is 0 Å². The Morgan fingerprint density at radius 1 is 1.06 bits per heavy atom. The number of carbonyl (C=O) groups excluding carboxylic acids is 1. The first-order valence-electron chi connectivity index (χ1n) is 11.4. The predicted octanol–water partition coefficient (Wildman–Crippen LogP) is 0.473. The van der Waals surface area contributed by atoms with Crippen molar-refractivity contribution in [2.24, 2.45) is 5.73 Å². The summed E-state index contributed by atoms with van der Waals surface area (Å²) in [5, 5.41) is 39.7. The highest BCUT2D eigenvalue weighted by Crippen LogP contribution is 2.46. The van der Waals surface area contributed by atoms with E-state index in [0.29, 0.717) is 6.42 Å². The van der Waals surface area contributed by atoms with Gasteiger partial charge in [0.1, 0.15) is 18.3 Å². The summed E-state index contributed by atoms with van der Waals surface area (Å²) < 4.78 is 21.3. The van der Waals surface area contributed by atoms with Crippen molar-refractivity contribution >= 4 is 13.6 Å². The van der Waals surface area contributed by atoms with Crippen molar-refractivity contribution in [3.63, 3.8) is 0 Å². The van der Waals surface area contributed by atoms with E-state index in [9.17, 15) is 39.6 Å². The van der Waals surface area contributed by atoms with Crippen LogP contribution in [-0.2, 0) is 18.6 Å².